The van der Waals surface area contributed by atoms with Gasteiger partial charge in [-0.15, -0.1) is 0 Å². The summed E-state index contributed by atoms with van der Waals surface area (Å²) in [5.41, 5.74) is 0.255. The molecule has 3 atom stereocenters. The van der Waals surface area contributed by atoms with Crippen molar-refractivity contribution in [2.24, 2.45) is 0 Å². The van der Waals surface area contributed by atoms with E-state index in [1.807, 2.05) is 0 Å². The molecule has 1 heterocycles. The molecule has 1 aliphatic heterocycles. The summed E-state index contributed by atoms with van der Waals surface area (Å²) in [6.07, 6.45) is -0.961. The van der Waals surface area contributed by atoms with E-state index in [9.17, 15) is 27.2 Å². The Morgan fingerprint density at radius 1 is 0.872 bits per heavy atom. The highest BCUT2D eigenvalue weighted by Gasteiger charge is 2.52. The molecule has 3 unspecified atom stereocenters. The lowest BCUT2D eigenvalue weighted by Gasteiger charge is -2.33. The number of benzene rings is 3. The van der Waals surface area contributed by atoms with E-state index in [1.165, 1.54) is 12.1 Å². The molecule has 1 saturated heterocycles. The minimum atomic E-state index is -4.34. The van der Waals surface area contributed by atoms with Gasteiger partial charge in [0.05, 0.1) is 34.0 Å². The maximum Gasteiger partial charge on any atom is 0.338 e. The Hall–Kier alpha value is -4.30. The maximum absolute atomic E-state index is 13.6. The van der Waals surface area contributed by atoms with E-state index in [1.54, 1.807) is 67.6 Å². The molecule has 3 aromatic rings. The van der Waals surface area contributed by atoms with Crippen LogP contribution in [0.25, 0.3) is 0 Å². The van der Waals surface area contributed by atoms with Gasteiger partial charge in [-0.25, -0.2) is 27.2 Å². The van der Waals surface area contributed by atoms with Crippen LogP contribution in [0.15, 0.2) is 90.5 Å². The van der Waals surface area contributed by atoms with E-state index < -0.39 is 57.0 Å². The largest absolute Gasteiger partial charge is 0.463 e. The van der Waals surface area contributed by atoms with Crippen LogP contribution >= 0.6 is 11.6 Å². The van der Waals surface area contributed by atoms with Crippen LogP contribution in [0, 0.1) is 5.82 Å². The molecule has 2 aliphatic rings. The molecule has 0 aromatic heterocycles. The van der Waals surface area contributed by atoms with Gasteiger partial charge >= 0.3 is 17.9 Å². The fourth-order valence-corrected chi connectivity index (χ4v) is 7.03. The second-order valence-electron chi connectivity index (χ2n) is 10.7. The Labute approximate surface area is 275 Å². The molecule has 0 bridgehead atoms. The fourth-order valence-electron chi connectivity index (χ4n) is 5.20. The van der Waals surface area contributed by atoms with E-state index in [2.05, 4.69) is 4.72 Å². The molecule has 5 rings (SSSR count). The minimum Gasteiger partial charge on any atom is -0.463 e. The number of carbonyl (C=O) groups is 3. The molecule has 14 heteroatoms. The van der Waals surface area contributed by atoms with E-state index in [0.717, 1.165) is 12.1 Å². The highest BCUT2D eigenvalue weighted by molar-refractivity contribution is 7.93. The summed E-state index contributed by atoms with van der Waals surface area (Å²) in [7, 11) is -4.34. The summed E-state index contributed by atoms with van der Waals surface area (Å²) in [4.78, 5) is 38.6. The Morgan fingerprint density at radius 2 is 1.43 bits per heavy atom. The van der Waals surface area contributed by atoms with Crippen LogP contribution in [-0.2, 0) is 38.5 Å². The van der Waals surface area contributed by atoms with Crippen LogP contribution in [0.2, 0.25) is 5.02 Å². The van der Waals surface area contributed by atoms with Crippen molar-refractivity contribution in [3.05, 3.63) is 112 Å². The molecule has 0 radical (unpaired) electrons. The topological polar surface area (TPSA) is 144 Å². The lowest BCUT2D eigenvalue weighted by atomic mass is 9.94. The van der Waals surface area contributed by atoms with Gasteiger partial charge in [-0.05, 0) is 61.9 Å². The number of hydrogen-bond donors (Lipinski definition) is 1. The average molecular weight is 688 g/mol. The molecule has 11 nitrogen and oxygen atoms in total. The average Bonchev–Trinajstić information content (AvgIpc) is 3.40. The second-order valence-corrected chi connectivity index (χ2v) is 12.9. The molecule has 1 aliphatic carbocycles. The third kappa shape index (κ3) is 8.17. The molecule has 47 heavy (non-hydrogen) atoms. The number of hydrogen-bond acceptors (Lipinski definition) is 10. The summed E-state index contributed by atoms with van der Waals surface area (Å²) in [5, 5.41) is -1.60. The Bertz CT molecular complexity index is 1690. The first-order valence-electron chi connectivity index (χ1n) is 14.7. The van der Waals surface area contributed by atoms with Crippen LogP contribution < -0.4 is 4.72 Å². The highest BCUT2D eigenvalue weighted by atomic mass is 35.5. The van der Waals surface area contributed by atoms with Crippen LogP contribution in [0.3, 0.4) is 0 Å². The molecule has 248 valence electrons. The third-order valence-electron chi connectivity index (χ3n) is 7.44. The number of esters is 3. The second kappa shape index (κ2) is 14.6. The van der Waals surface area contributed by atoms with Crippen LogP contribution in [-0.4, -0.2) is 69.4 Å². The van der Waals surface area contributed by atoms with Gasteiger partial charge in [0.2, 0.25) is 10.0 Å². The number of halogens is 2. The predicted octanol–water partition coefficient (Wildman–Crippen LogP) is 5.07. The Kier molecular flexibility index (Phi) is 10.6. The van der Waals surface area contributed by atoms with Crippen LogP contribution in [0.4, 0.5) is 10.1 Å². The summed E-state index contributed by atoms with van der Waals surface area (Å²) >= 11 is 6.05. The molecule has 0 saturated carbocycles. The maximum atomic E-state index is 13.6. The van der Waals surface area contributed by atoms with Crippen molar-refractivity contribution in [1.82, 2.24) is 0 Å². The quantitative estimate of drug-likeness (QED) is 0.214. The van der Waals surface area contributed by atoms with E-state index in [-0.39, 0.29) is 48.9 Å². The van der Waals surface area contributed by atoms with Crippen molar-refractivity contribution in [2.45, 2.75) is 43.0 Å². The standard InChI is InChI=1S/C33H31ClFNO10S/c1-2-42-32(39)24-18-33(16-15-29(24)47(40,41)36-26-14-13-23(35)17-25(26)34)45-27(19-43-30(37)21-9-5-3-6-10-21)28(46-33)20-44-31(38)22-11-7-4-8-12-22/h3-14,17-18,27-29,36H,2,15-16,19-20H2,1H3. The zero-order chi connectivity index (χ0) is 33.6. The van der Waals surface area contributed by atoms with Gasteiger partial charge in [0.15, 0.2) is 5.79 Å². The van der Waals surface area contributed by atoms with Crippen LogP contribution in [0.1, 0.15) is 40.5 Å². The summed E-state index contributed by atoms with van der Waals surface area (Å²) in [5.74, 6) is -4.50. The van der Waals surface area contributed by atoms with Gasteiger partial charge in [-0.3, -0.25) is 4.72 Å². The number of sulfonamides is 1. The van der Waals surface area contributed by atoms with Gasteiger partial charge in [0, 0.05) is 6.42 Å². The Morgan fingerprint density at radius 3 is 1.94 bits per heavy atom. The summed E-state index contributed by atoms with van der Waals surface area (Å²) < 4.78 is 71.7. The van der Waals surface area contributed by atoms with Crippen molar-refractivity contribution >= 4 is 45.2 Å². The molecular weight excluding hydrogens is 657 g/mol. The van der Waals surface area contributed by atoms with Gasteiger partial charge in [0.25, 0.3) is 0 Å². The Balaban J connectivity index is 1.41. The van der Waals surface area contributed by atoms with Gasteiger partial charge in [0.1, 0.15) is 36.5 Å². The summed E-state index contributed by atoms with van der Waals surface area (Å²) in [6.45, 7) is 0.898. The first-order chi connectivity index (χ1) is 22.5. The molecule has 1 spiro atoms. The van der Waals surface area contributed by atoms with Gasteiger partial charge in [-0.1, -0.05) is 48.0 Å². The number of carbonyl (C=O) groups excluding carboxylic acids is 3. The zero-order valence-corrected chi connectivity index (χ0v) is 26.7. The van der Waals surface area contributed by atoms with Crippen molar-refractivity contribution in [3.63, 3.8) is 0 Å². The molecule has 3 aromatic carbocycles. The van der Waals surface area contributed by atoms with Crippen molar-refractivity contribution in [2.75, 3.05) is 24.5 Å². The van der Waals surface area contributed by atoms with E-state index >= 15 is 0 Å². The monoisotopic (exact) mass is 687 g/mol. The SMILES string of the molecule is CCOC(=O)C1=CC2(CCC1S(=O)(=O)Nc1ccc(F)cc1Cl)OC(COC(=O)c1ccccc1)C(COC(=O)c1ccccc1)O2. The van der Waals surface area contributed by atoms with Crippen molar-refractivity contribution in [3.8, 4) is 0 Å². The van der Waals surface area contributed by atoms with Crippen LogP contribution in [0.5, 0.6) is 0 Å². The normalized spacial score (nSPS) is 22.3. The number of nitrogens with one attached hydrogen (secondary N) is 1. The predicted molar refractivity (Wildman–Crippen MR) is 168 cm³/mol. The first-order valence-corrected chi connectivity index (χ1v) is 16.6. The molecule has 0 amide bonds. The number of rotatable bonds is 11. The zero-order valence-electron chi connectivity index (χ0n) is 25.1. The fraction of sp³-hybridized carbons (Fsp3) is 0.303. The molecule has 1 N–H and O–H groups in total. The summed E-state index contributed by atoms with van der Waals surface area (Å²) in [6, 6.07) is 19.7. The lowest BCUT2D eigenvalue weighted by Crippen LogP contribution is -2.43. The van der Waals surface area contributed by atoms with E-state index in [4.69, 9.17) is 35.3 Å². The van der Waals surface area contributed by atoms with Crippen molar-refractivity contribution in [1.29, 1.82) is 0 Å². The minimum absolute atomic E-state index is 0.0506. The first kappa shape index (κ1) is 34.0. The number of ether oxygens (including phenoxy) is 5. The van der Waals surface area contributed by atoms with Gasteiger partial charge in [-0.2, -0.15) is 0 Å². The third-order valence-corrected chi connectivity index (χ3v) is 9.50. The van der Waals surface area contributed by atoms with Gasteiger partial charge < -0.3 is 23.7 Å². The number of anilines is 1. The van der Waals surface area contributed by atoms with Crippen molar-refractivity contribution < 1.29 is 50.9 Å². The molecular formula is C33H31ClFNO10S. The lowest BCUT2D eigenvalue weighted by molar-refractivity contribution is -0.155. The molecule has 1 fully saturated rings. The highest BCUT2D eigenvalue weighted by Crippen LogP contribution is 2.42. The smallest absolute Gasteiger partial charge is 0.338 e. The van der Waals surface area contributed by atoms with E-state index in [0.29, 0.717) is 11.1 Å².